The number of aromatic nitrogens is 2. The van der Waals surface area contributed by atoms with Crippen molar-refractivity contribution < 1.29 is 0 Å². The molecule has 2 heterocycles. The molecule has 10 aromatic rings. The zero-order chi connectivity index (χ0) is 43.0. The molecule has 0 aliphatic heterocycles. The van der Waals surface area contributed by atoms with Gasteiger partial charge >= 0.3 is 0 Å². The van der Waals surface area contributed by atoms with Crippen molar-refractivity contribution in [1.82, 2.24) is 9.97 Å². The monoisotopic (exact) mass is 818 g/mol. The summed E-state index contributed by atoms with van der Waals surface area (Å²) in [7, 11) is 0. The maximum absolute atomic E-state index is 5.09. The summed E-state index contributed by atoms with van der Waals surface area (Å²) in [5.74, 6) is 0. The molecule has 2 nitrogen and oxygen atoms in total. The molecule has 8 aromatic carbocycles. The Kier molecular flexibility index (Phi) is 9.98. The molecule has 2 heteroatoms. The van der Waals surface area contributed by atoms with Crippen molar-refractivity contribution in [2.45, 2.75) is 25.7 Å². The molecule has 0 radical (unpaired) electrons. The Morgan fingerprint density at radius 2 is 0.531 bits per heavy atom. The van der Waals surface area contributed by atoms with E-state index in [1.165, 1.54) is 55.6 Å². The normalized spacial score (nSPS) is 12.6. The molecular formula is C62H46N2. The Bertz CT molecular complexity index is 2930. The van der Waals surface area contributed by atoms with Crippen molar-refractivity contribution >= 4 is 0 Å². The van der Waals surface area contributed by atoms with Gasteiger partial charge in [-0.25, -0.2) is 9.97 Å². The van der Waals surface area contributed by atoms with E-state index in [0.29, 0.717) is 0 Å². The van der Waals surface area contributed by atoms with Gasteiger partial charge in [-0.3, -0.25) is 0 Å². The highest BCUT2D eigenvalue weighted by atomic mass is 14.7. The fraction of sp³-hybridized carbons (Fsp3) is 0.0645. The highest BCUT2D eigenvalue weighted by Gasteiger charge is 2.33. The molecule has 0 fully saturated rings. The van der Waals surface area contributed by atoms with E-state index in [9.17, 15) is 0 Å². The fourth-order valence-electron chi connectivity index (χ4n) is 9.47. The summed E-state index contributed by atoms with van der Waals surface area (Å²) < 4.78 is 0. The third kappa shape index (κ3) is 7.54. The van der Waals surface area contributed by atoms with E-state index in [-0.39, 0.29) is 5.41 Å². The van der Waals surface area contributed by atoms with Crippen LogP contribution in [-0.4, -0.2) is 9.97 Å². The SMILES string of the molecule is CC1(C)c2cc(-c3ccc(-c4cc(-c5ccccc5)nc(-c5ccccc5)c4)cc3)ccc2Cc2ccc(-c3ccc(-c4cc(-c5ccccc5)nc(-c5ccccc5)c4)cc3)cc21. The van der Waals surface area contributed by atoms with Crippen molar-refractivity contribution in [2.24, 2.45) is 0 Å². The predicted octanol–water partition coefficient (Wildman–Crippen LogP) is 16.0. The second-order valence-electron chi connectivity index (χ2n) is 17.4. The summed E-state index contributed by atoms with van der Waals surface area (Å²) in [6, 6.07) is 82.9. The van der Waals surface area contributed by atoms with Crippen LogP contribution in [0.1, 0.15) is 36.1 Å². The Labute approximate surface area is 376 Å². The summed E-state index contributed by atoms with van der Waals surface area (Å²) >= 11 is 0. The number of benzene rings is 8. The second-order valence-corrected chi connectivity index (χ2v) is 17.4. The number of nitrogens with zero attached hydrogens (tertiary/aromatic N) is 2. The van der Waals surface area contributed by atoms with Crippen molar-refractivity contribution in [3.8, 4) is 89.5 Å². The largest absolute Gasteiger partial charge is 0.248 e. The molecule has 64 heavy (non-hydrogen) atoms. The Morgan fingerprint density at radius 1 is 0.266 bits per heavy atom. The minimum atomic E-state index is -0.174. The van der Waals surface area contributed by atoms with E-state index in [4.69, 9.17) is 9.97 Å². The van der Waals surface area contributed by atoms with Gasteiger partial charge in [0.2, 0.25) is 0 Å². The quantitative estimate of drug-likeness (QED) is 0.153. The fourth-order valence-corrected chi connectivity index (χ4v) is 9.47. The Morgan fingerprint density at radius 3 is 0.828 bits per heavy atom. The lowest BCUT2D eigenvalue weighted by atomic mass is 9.68. The lowest BCUT2D eigenvalue weighted by Gasteiger charge is -2.36. The van der Waals surface area contributed by atoms with Crippen LogP contribution in [0.3, 0.4) is 0 Å². The molecule has 0 saturated heterocycles. The van der Waals surface area contributed by atoms with E-state index < -0.39 is 0 Å². The average molecular weight is 819 g/mol. The summed E-state index contributed by atoms with van der Waals surface area (Å²) in [6.45, 7) is 4.78. The molecule has 0 N–H and O–H groups in total. The third-order valence-corrected chi connectivity index (χ3v) is 13.0. The zero-order valence-electron chi connectivity index (χ0n) is 36.0. The molecular weight excluding hydrogens is 773 g/mol. The Balaban J connectivity index is 0.879. The van der Waals surface area contributed by atoms with Gasteiger partial charge in [-0.1, -0.05) is 208 Å². The zero-order valence-corrected chi connectivity index (χ0v) is 36.0. The smallest absolute Gasteiger partial charge is 0.0715 e. The van der Waals surface area contributed by atoms with Gasteiger partial charge in [-0.2, -0.15) is 0 Å². The molecule has 0 unspecified atom stereocenters. The van der Waals surface area contributed by atoms with Crippen molar-refractivity contribution in [2.75, 3.05) is 0 Å². The number of fused-ring (bicyclic) bond motifs is 2. The van der Waals surface area contributed by atoms with E-state index in [1.54, 1.807) is 0 Å². The number of pyridine rings is 2. The third-order valence-electron chi connectivity index (χ3n) is 13.0. The van der Waals surface area contributed by atoms with E-state index in [2.05, 4.69) is 244 Å². The van der Waals surface area contributed by atoms with Crippen LogP contribution in [-0.2, 0) is 11.8 Å². The predicted molar refractivity (Wildman–Crippen MR) is 267 cm³/mol. The van der Waals surface area contributed by atoms with Gasteiger partial charge in [0.05, 0.1) is 22.8 Å². The van der Waals surface area contributed by atoms with Crippen LogP contribution >= 0.6 is 0 Å². The lowest BCUT2D eigenvalue weighted by Crippen LogP contribution is -2.27. The van der Waals surface area contributed by atoms with Gasteiger partial charge in [-0.05, 0) is 110 Å². The molecule has 2 aromatic heterocycles. The topological polar surface area (TPSA) is 25.8 Å². The van der Waals surface area contributed by atoms with Crippen LogP contribution < -0.4 is 0 Å². The molecule has 1 aliphatic carbocycles. The van der Waals surface area contributed by atoms with Gasteiger partial charge in [-0.15, -0.1) is 0 Å². The first-order valence-corrected chi connectivity index (χ1v) is 22.2. The minimum absolute atomic E-state index is 0.174. The summed E-state index contributed by atoms with van der Waals surface area (Å²) in [5, 5.41) is 0. The standard InChI is InChI=1S/C62H46N2/c1-62(2)56-36-50(42-23-27-44(28-24-42)54-38-58(46-15-7-3-8-16-46)63-59(39-54)47-17-9-4-10-18-47)31-33-52(56)35-53-34-32-51(37-57(53)62)43-25-29-45(30-26-43)55-40-60(48-19-11-5-12-20-48)64-61(41-55)49-21-13-6-14-22-49/h3-34,36-41H,35H2,1-2H3. The molecule has 0 atom stereocenters. The Hall–Kier alpha value is -7.94. The maximum Gasteiger partial charge on any atom is 0.0715 e. The van der Waals surface area contributed by atoms with E-state index >= 15 is 0 Å². The van der Waals surface area contributed by atoms with Crippen LogP contribution in [0, 0.1) is 0 Å². The number of hydrogen-bond acceptors (Lipinski definition) is 2. The minimum Gasteiger partial charge on any atom is -0.248 e. The maximum atomic E-state index is 5.09. The van der Waals surface area contributed by atoms with Crippen LogP contribution in [0.15, 0.2) is 231 Å². The first-order chi connectivity index (χ1) is 31.4. The lowest BCUT2D eigenvalue weighted by molar-refractivity contribution is 0.611. The van der Waals surface area contributed by atoms with Gasteiger partial charge in [0.1, 0.15) is 0 Å². The summed E-state index contributed by atoms with van der Waals surface area (Å²) in [6.07, 6.45) is 0.928. The van der Waals surface area contributed by atoms with Gasteiger partial charge in [0.15, 0.2) is 0 Å². The van der Waals surface area contributed by atoms with E-state index in [0.717, 1.165) is 62.6 Å². The molecule has 1 aliphatic rings. The molecule has 304 valence electrons. The molecule has 0 amide bonds. The second kappa shape index (κ2) is 16.4. The molecule has 11 rings (SSSR count). The number of hydrogen-bond donors (Lipinski definition) is 0. The van der Waals surface area contributed by atoms with Crippen LogP contribution in [0.4, 0.5) is 0 Å². The van der Waals surface area contributed by atoms with Crippen molar-refractivity contribution in [1.29, 1.82) is 0 Å². The molecule has 0 spiro atoms. The van der Waals surface area contributed by atoms with Gasteiger partial charge in [0, 0.05) is 27.7 Å². The van der Waals surface area contributed by atoms with Crippen LogP contribution in [0.2, 0.25) is 0 Å². The van der Waals surface area contributed by atoms with E-state index in [1.807, 2.05) is 0 Å². The van der Waals surface area contributed by atoms with Gasteiger partial charge in [0.25, 0.3) is 0 Å². The van der Waals surface area contributed by atoms with Crippen molar-refractivity contribution in [3.63, 3.8) is 0 Å². The van der Waals surface area contributed by atoms with Crippen LogP contribution in [0.25, 0.3) is 89.5 Å². The van der Waals surface area contributed by atoms with Gasteiger partial charge < -0.3 is 0 Å². The highest BCUT2D eigenvalue weighted by Crippen LogP contribution is 2.44. The van der Waals surface area contributed by atoms with Crippen LogP contribution in [0.5, 0.6) is 0 Å². The summed E-state index contributed by atoms with van der Waals surface area (Å²) in [4.78, 5) is 10.2. The number of rotatable bonds is 8. The highest BCUT2D eigenvalue weighted by molar-refractivity contribution is 5.81. The molecule has 0 bridgehead atoms. The average Bonchev–Trinajstić information content (AvgIpc) is 3.37. The van der Waals surface area contributed by atoms with Crippen molar-refractivity contribution in [3.05, 3.63) is 253 Å². The summed E-state index contributed by atoms with van der Waals surface area (Å²) in [5.41, 5.74) is 23.3. The molecule has 0 saturated carbocycles. The first kappa shape index (κ1) is 38.9. The first-order valence-electron chi connectivity index (χ1n) is 22.2.